The maximum Gasteiger partial charge on any atom is 0.253 e. The van der Waals surface area contributed by atoms with Gasteiger partial charge in [-0.3, -0.25) is 9.59 Å². The highest BCUT2D eigenvalue weighted by molar-refractivity contribution is 6.05. The molecule has 158 valence electrons. The van der Waals surface area contributed by atoms with Gasteiger partial charge in [0.05, 0.1) is 11.3 Å². The topological polar surface area (TPSA) is 58.6 Å². The van der Waals surface area contributed by atoms with Crippen molar-refractivity contribution in [1.82, 2.24) is 5.32 Å². The first-order valence-corrected chi connectivity index (χ1v) is 10.5. The molecule has 4 rings (SSSR count). The van der Waals surface area contributed by atoms with Crippen molar-refractivity contribution < 1.29 is 14.3 Å². The fourth-order valence-corrected chi connectivity index (χ4v) is 3.40. The number of ether oxygens (including phenoxy) is 1. The highest BCUT2D eigenvalue weighted by Gasteiger charge is 2.33. The zero-order valence-corrected chi connectivity index (χ0v) is 17.6. The van der Waals surface area contributed by atoms with Crippen LogP contribution in [-0.4, -0.2) is 18.9 Å². The molecule has 1 aliphatic rings. The molecule has 5 nitrogen and oxygen atoms in total. The summed E-state index contributed by atoms with van der Waals surface area (Å²) in [6, 6.07) is 24.9. The molecule has 0 atom stereocenters. The predicted octanol–water partition coefficient (Wildman–Crippen LogP) is 4.57. The Kier molecular flexibility index (Phi) is 6.32. The van der Waals surface area contributed by atoms with E-state index in [2.05, 4.69) is 5.32 Å². The fourth-order valence-electron chi connectivity index (χ4n) is 3.40. The maximum absolute atomic E-state index is 12.8. The number of anilines is 1. The van der Waals surface area contributed by atoms with E-state index in [4.69, 9.17) is 4.74 Å². The van der Waals surface area contributed by atoms with Crippen LogP contribution in [0.15, 0.2) is 78.9 Å². The van der Waals surface area contributed by atoms with E-state index in [1.54, 1.807) is 18.0 Å². The lowest BCUT2D eigenvalue weighted by atomic mass is 10.1. The lowest BCUT2D eigenvalue weighted by Gasteiger charge is -2.20. The standard InChI is InChI=1S/C26H26N2O3/c1-28(26(30)21-15-16-21)24-10-6-5-9-23(24)25(29)27-17-19-11-13-20(14-12-19)18-31-22-7-3-2-4-8-22/h2-14,21H,15-18H2,1H3,(H,27,29). The molecular weight excluding hydrogens is 388 g/mol. The molecule has 1 fully saturated rings. The summed E-state index contributed by atoms with van der Waals surface area (Å²) in [6.45, 7) is 0.901. The van der Waals surface area contributed by atoms with Crippen LogP contribution in [0.5, 0.6) is 5.75 Å². The van der Waals surface area contributed by atoms with Gasteiger partial charge in [0.2, 0.25) is 5.91 Å². The van der Waals surface area contributed by atoms with Gasteiger partial charge >= 0.3 is 0 Å². The summed E-state index contributed by atoms with van der Waals surface area (Å²) in [7, 11) is 1.74. The number of nitrogens with zero attached hydrogens (tertiary/aromatic N) is 1. The third kappa shape index (κ3) is 5.31. The van der Waals surface area contributed by atoms with E-state index in [0.717, 1.165) is 29.7 Å². The first-order chi connectivity index (χ1) is 15.1. The Morgan fingerprint density at radius 3 is 2.26 bits per heavy atom. The Balaban J connectivity index is 1.34. The van der Waals surface area contributed by atoms with Gasteiger partial charge in [0.1, 0.15) is 12.4 Å². The first kappa shape index (κ1) is 20.7. The molecule has 0 radical (unpaired) electrons. The number of amides is 2. The summed E-state index contributed by atoms with van der Waals surface area (Å²) in [5, 5.41) is 2.96. The molecule has 5 heteroatoms. The zero-order chi connectivity index (χ0) is 21.6. The molecule has 1 saturated carbocycles. The minimum Gasteiger partial charge on any atom is -0.489 e. The van der Waals surface area contributed by atoms with Gasteiger partial charge in [-0.1, -0.05) is 54.6 Å². The van der Waals surface area contributed by atoms with E-state index >= 15 is 0 Å². The first-order valence-electron chi connectivity index (χ1n) is 10.5. The summed E-state index contributed by atoms with van der Waals surface area (Å²) in [5.74, 6) is 0.823. The Labute approximate surface area is 182 Å². The molecule has 3 aromatic rings. The number of hydrogen-bond acceptors (Lipinski definition) is 3. The minimum absolute atomic E-state index is 0.0774. The van der Waals surface area contributed by atoms with Gasteiger partial charge in [-0.15, -0.1) is 0 Å². The SMILES string of the molecule is CN(C(=O)C1CC1)c1ccccc1C(=O)NCc1ccc(COc2ccccc2)cc1. The van der Waals surface area contributed by atoms with Crippen molar-refractivity contribution in [2.24, 2.45) is 5.92 Å². The molecule has 0 aliphatic heterocycles. The summed E-state index contributed by atoms with van der Waals surface area (Å²) in [5.41, 5.74) is 3.21. The number of carbonyl (C=O) groups is 2. The number of nitrogens with one attached hydrogen (secondary N) is 1. The monoisotopic (exact) mass is 414 g/mol. The fraction of sp³-hybridized carbons (Fsp3) is 0.231. The van der Waals surface area contributed by atoms with Crippen molar-refractivity contribution in [2.75, 3.05) is 11.9 Å². The van der Waals surface area contributed by atoms with Crippen LogP contribution in [0, 0.1) is 5.92 Å². The second-order valence-electron chi connectivity index (χ2n) is 7.79. The van der Waals surface area contributed by atoms with E-state index < -0.39 is 0 Å². The molecular formula is C26H26N2O3. The van der Waals surface area contributed by atoms with Gasteiger partial charge < -0.3 is 15.0 Å². The Morgan fingerprint density at radius 2 is 1.55 bits per heavy atom. The Morgan fingerprint density at radius 1 is 0.903 bits per heavy atom. The zero-order valence-electron chi connectivity index (χ0n) is 17.6. The van der Waals surface area contributed by atoms with Gasteiger partial charge in [0.15, 0.2) is 0 Å². The molecule has 0 saturated heterocycles. The molecule has 0 heterocycles. The van der Waals surface area contributed by atoms with E-state index in [0.29, 0.717) is 24.4 Å². The van der Waals surface area contributed by atoms with Crippen LogP contribution < -0.4 is 15.0 Å². The van der Waals surface area contributed by atoms with Gasteiger partial charge in [-0.25, -0.2) is 0 Å². The molecule has 1 N–H and O–H groups in total. The van der Waals surface area contributed by atoms with Crippen LogP contribution in [0.2, 0.25) is 0 Å². The van der Waals surface area contributed by atoms with Crippen molar-refractivity contribution in [3.8, 4) is 5.75 Å². The normalized spacial score (nSPS) is 12.8. The summed E-state index contributed by atoms with van der Waals surface area (Å²) >= 11 is 0. The van der Waals surface area contributed by atoms with E-state index in [1.165, 1.54) is 0 Å². The predicted molar refractivity (Wildman–Crippen MR) is 121 cm³/mol. The van der Waals surface area contributed by atoms with E-state index in [9.17, 15) is 9.59 Å². The lowest BCUT2D eigenvalue weighted by Crippen LogP contribution is -2.31. The third-order valence-electron chi connectivity index (χ3n) is 5.39. The lowest BCUT2D eigenvalue weighted by molar-refractivity contribution is -0.119. The molecule has 1 aliphatic carbocycles. The average molecular weight is 415 g/mol. The maximum atomic E-state index is 12.8. The molecule has 0 aromatic heterocycles. The van der Waals surface area contributed by atoms with Crippen LogP contribution in [0.25, 0.3) is 0 Å². The number of benzene rings is 3. The van der Waals surface area contributed by atoms with Crippen molar-refractivity contribution in [3.63, 3.8) is 0 Å². The molecule has 3 aromatic carbocycles. The number of hydrogen-bond donors (Lipinski definition) is 1. The summed E-state index contributed by atoms with van der Waals surface area (Å²) in [4.78, 5) is 26.8. The van der Waals surface area contributed by atoms with E-state index in [-0.39, 0.29) is 17.7 Å². The average Bonchev–Trinajstić information content (AvgIpc) is 3.67. The highest BCUT2D eigenvalue weighted by atomic mass is 16.5. The summed E-state index contributed by atoms with van der Waals surface area (Å²) < 4.78 is 5.76. The second-order valence-corrected chi connectivity index (χ2v) is 7.79. The van der Waals surface area contributed by atoms with Crippen molar-refractivity contribution in [3.05, 3.63) is 95.6 Å². The summed E-state index contributed by atoms with van der Waals surface area (Å²) in [6.07, 6.45) is 1.87. The van der Waals surface area contributed by atoms with Gasteiger partial charge in [-0.05, 0) is 48.2 Å². The van der Waals surface area contributed by atoms with E-state index in [1.807, 2.05) is 72.8 Å². The van der Waals surface area contributed by atoms with Crippen LogP contribution in [-0.2, 0) is 17.9 Å². The molecule has 0 unspecified atom stereocenters. The smallest absolute Gasteiger partial charge is 0.253 e. The number of para-hydroxylation sites is 2. The minimum atomic E-state index is -0.192. The van der Waals surface area contributed by atoms with Crippen molar-refractivity contribution in [2.45, 2.75) is 26.0 Å². The molecule has 0 spiro atoms. The van der Waals surface area contributed by atoms with Crippen LogP contribution >= 0.6 is 0 Å². The number of carbonyl (C=O) groups excluding carboxylic acids is 2. The van der Waals surface area contributed by atoms with Gasteiger partial charge in [0, 0.05) is 19.5 Å². The van der Waals surface area contributed by atoms with Crippen molar-refractivity contribution in [1.29, 1.82) is 0 Å². The largest absolute Gasteiger partial charge is 0.489 e. The van der Waals surface area contributed by atoms with Gasteiger partial charge in [-0.2, -0.15) is 0 Å². The van der Waals surface area contributed by atoms with Crippen LogP contribution in [0.4, 0.5) is 5.69 Å². The highest BCUT2D eigenvalue weighted by Crippen LogP contribution is 2.33. The van der Waals surface area contributed by atoms with Crippen LogP contribution in [0.3, 0.4) is 0 Å². The Bertz CT molecular complexity index is 1040. The molecule has 2 amide bonds. The van der Waals surface area contributed by atoms with Crippen LogP contribution in [0.1, 0.15) is 34.3 Å². The quantitative estimate of drug-likeness (QED) is 0.587. The second kappa shape index (κ2) is 9.47. The third-order valence-corrected chi connectivity index (χ3v) is 5.39. The van der Waals surface area contributed by atoms with Gasteiger partial charge in [0.25, 0.3) is 5.91 Å². The molecule has 0 bridgehead atoms. The van der Waals surface area contributed by atoms with Crippen molar-refractivity contribution >= 4 is 17.5 Å². The number of rotatable bonds is 8. The molecule has 31 heavy (non-hydrogen) atoms. The Hall–Kier alpha value is -3.60.